The lowest BCUT2D eigenvalue weighted by Gasteiger charge is -2.48. The van der Waals surface area contributed by atoms with Crippen LogP contribution in [0.25, 0.3) is 11.1 Å². The molecule has 0 unspecified atom stereocenters. The molecule has 0 spiro atoms. The minimum atomic E-state index is -0.452. The summed E-state index contributed by atoms with van der Waals surface area (Å²) in [5.74, 6) is -0.443. The molecule has 3 heterocycles. The number of carbonyl (C=O) groups excluding carboxylic acids is 2. The van der Waals surface area contributed by atoms with Crippen LogP contribution in [-0.4, -0.2) is 76.8 Å². The smallest absolute Gasteiger partial charge is 0.282 e. The number of nitrogens with zero attached hydrogens (tertiary/aromatic N) is 4. The third kappa shape index (κ3) is 4.51. The van der Waals surface area contributed by atoms with Gasteiger partial charge in [0.1, 0.15) is 5.82 Å². The van der Waals surface area contributed by atoms with E-state index in [1.165, 1.54) is 17.4 Å². The summed E-state index contributed by atoms with van der Waals surface area (Å²) >= 11 is 7.24. The SMILES string of the molecule is O=C(c1ccc(-c2ccc(F)c(Cl)c2)cc1)N1CC(N2CCN(C(=O)c3nccs3)CC2)C1. The zero-order valence-electron chi connectivity index (χ0n) is 17.8. The van der Waals surface area contributed by atoms with Crippen LogP contribution in [0, 0.1) is 5.82 Å². The van der Waals surface area contributed by atoms with Crippen molar-refractivity contribution >= 4 is 34.8 Å². The van der Waals surface area contributed by atoms with Gasteiger partial charge in [-0.15, -0.1) is 11.3 Å². The summed E-state index contributed by atoms with van der Waals surface area (Å²) in [5, 5.41) is 2.43. The molecule has 3 aromatic rings. The maximum Gasteiger partial charge on any atom is 0.282 e. The zero-order valence-corrected chi connectivity index (χ0v) is 19.4. The van der Waals surface area contributed by atoms with Gasteiger partial charge in [-0.1, -0.05) is 29.8 Å². The number of amides is 2. The van der Waals surface area contributed by atoms with Gasteiger partial charge < -0.3 is 9.80 Å². The molecule has 33 heavy (non-hydrogen) atoms. The van der Waals surface area contributed by atoms with Gasteiger partial charge in [-0.25, -0.2) is 9.37 Å². The van der Waals surface area contributed by atoms with Crippen LogP contribution in [0.5, 0.6) is 0 Å². The summed E-state index contributed by atoms with van der Waals surface area (Å²) in [6.07, 6.45) is 1.65. The highest BCUT2D eigenvalue weighted by Crippen LogP contribution is 2.26. The van der Waals surface area contributed by atoms with Gasteiger partial charge in [0.15, 0.2) is 5.01 Å². The zero-order chi connectivity index (χ0) is 22.9. The summed E-state index contributed by atoms with van der Waals surface area (Å²) < 4.78 is 13.4. The highest BCUT2D eigenvalue weighted by molar-refractivity contribution is 7.11. The average Bonchev–Trinajstić information content (AvgIpc) is 3.35. The maximum absolute atomic E-state index is 13.4. The van der Waals surface area contributed by atoms with Gasteiger partial charge in [-0.3, -0.25) is 14.5 Å². The molecule has 0 aliphatic carbocycles. The van der Waals surface area contributed by atoms with Crippen molar-refractivity contribution in [3.8, 4) is 11.1 Å². The first-order valence-electron chi connectivity index (χ1n) is 10.8. The predicted molar refractivity (Wildman–Crippen MR) is 126 cm³/mol. The number of benzene rings is 2. The second-order valence-corrected chi connectivity index (χ2v) is 9.54. The highest BCUT2D eigenvalue weighted by atomic mass is 35.5. The lowest BCUT2D eigenvalue weighted by molar-refractivity contribution is 0.00853. The molecule has 1 aromatic heterocycles. The van der Waals surface area contributed by atoms with E-state index in [9.17, 15) is 14.0 Å². The van der Waals surface area contributed by atoms with Gasteiger partial charge in [0.25, 0.3) is 11.8 Å². The minimum absolute atomic E-state index is 0.00131. The summed E-state index contributed by atoms with van der Waals surface area (Å²) in [5.41, 5.74) is 2.31. The molecule has 2 aliphatic heterocycles. The van der Waals surface area contributed by atoms with Crippen molar-refractivity contribution in [3.63, 3.8) is 0 Å². The molecule has 2 fully saturated rings. The summed E-state index contributed by atoms with van der Waals surface area (Å²) in [6.45, 7) is 4.34. The molecule has 2 amide bonds. The third-order valence-electron chi connectivity index (χ3n) is 6.27. The molecular weight excluding hydrogens is 463 g/mol. The van der Waals surface area contributed by atoms with Gasteiger partial charge in [0.2, 0.25) is 0 Å². The molecule has 5 rings (SSSR count). The quantitative estimate of drug-likeness (QED) is 0.564. The fourth-order valence-corrected chi connectivity index (χ4v) is 5.05. The standard InChI is InChI=1S/C24H22ClFN4O2S/c25-20-13-18(5-6-21(20)26)16-1-3-17(4-2-16)23(31)30-14-19(15-30)28-8-10-29(11-9-28)24(32)22-27-7-12-33-22/h1-7,12-13,19H,8-11,14-15H2. The number of carbonyl (C=O) groups is 2. The summed E-state index contributed by atoms with van der Waals surface area (Å²) in [6, 6.07) is 12.2. The Bertz CT molecular complexity index is 1160. The lowest BCUT2D eigenvalue weighted by Crippen LogP contribution is -2.64. The van der Waals surface area contributed by atoms with E-state index in [4.69, 9.17) is 11.6 Å². The Balaban J connectivity index is 1.13. The lowest BCUT2D eigenvalue weighted by atomic mass is 10.0. The summed E-state index contributed by atoms with van der Waals surface area (Å²) in [7, 11) is 0. The summed E-state index contributed by atoms with van der Waals surface area (Å²) in [4.78, 5) is 35.5. The molecule has 170 valence electrons. The molecule has 6 nitrogen and oxygen atoms in total. The van der Waals surface area contributed by atoms with Gasteiger partial charge in [0, 0.05) is 62.5 Å². The first-order valence-corrected chi connectivity index (χ1v) is 12.0. The van der Waals surface area contributed by atoms with Crippen molar-refractivity contribution in [2.45, 2.75) is 6.04 Å². The molecule has 2 aliphatic rings. The van der Waals surface area contributed by atoms with Crippen LogP contribution in [0.15, 0.2) is 54.0 Å². The Morgan fingerprint density at radius 3 is 2.27 bits per heavy atom. The molecule has 9 heteroatoms. The Hall–Kier alpha value is -2.81. The number of aromatic nitrogens is 1. The molecule has 2 saturated heterocycles. The van der Waals surface area contributed by atoms with E-state index in [1.54, 1.807) is 30.5 Å². The second-order valence-electron chi connectivity index (χ2n) is 8.24. The van der Waals surface area contributed by atoms with E-state index >= 15 is 0 Å². The van der Waals surface area contributed by atoms with Crippen LogP contribution in [0.4, 0.5) is 4.39 Å². The van der Waals surface area contributed by atoms with Crippen molar-refractivity contribution in [1.29, 1.82) is 0 Å². The van der Waals surface area contributed by atoms with Crippen LogP contribution < -0.4 is 0 Å². The minimum Gasteiger partial charge on any atom is -0.335 e. The first kappa shape index (κ1) is 22.0. The largest absolute Gasteiger partial charge is 0.335 e. The van der Waals surface area contributed by atoms with Crippen molar-refractivity contribution in [1.82, 2.24) is 19.7 Å². The van der Waals surface area contributed by atoms with E-state index < -0.39 is 5.82 Å². The highest BCUT2D eigenvalue weighted by Gasteiger charge is 2.37. The Morgan fingerprint density at radius 1 is 0.939 bits per heavy atom. The number of rotatable bonds is 4. The van der Waals surface area contributed by atoms with Gasteiger partial charge in [-0.2, -0.15) is 0 Å². The predicted octanol–water partition coefficient (Wildman–Crippen LogP) is 3.89. The molecule has 2 aromatic carbocycles. The topological polar surface area (TPSA) is 56.8 Å². The Labute approximate surface area is 200 Å². The number of hydrogen-bond donors (Lipinski definition) is 0. The van der Waals surface area contributed by atoms with Gasteiger partial charge in [0.05, 0.1) is 5.02 Å². The van der Waals surface area contributed by atoms with E-state index in [1.807, 2.05) is 27.3 Å². The number of thiazole rings is 1. The molecule has 0 saturated carbocycles. The van der Waals surface area contributed by atoms with Crippen molar-refractivity contribution in [3.05, 3.63) is 75.5 Å². The van der Waals surface area contributed by atoms with E-state index in [0.29, 0.717) is 42.8 Å². The number of hydrogen-bond acceptors (Lipinski definition) is 5. The molecular formula is C24H22ClFN4O2S. The Kier molecular flexibility index (Phi) is 6.14. The monoisotopic (exact) mass is 484 g/mol. The average molecular weight is 485 g/mol. The fraction of sp³-hybridized carbons (Fsp3) is 0.292. The number of piperazine rings is 1. The molecule has 0 N–H and O–H groups in total. The van der Waals surface area contributed by atoms with Crippen LogP contribution in [0.3, 0.4) is 0 Å². The molecule has 0 radical (unpaired) electrons. The van der Waals surface area contributed by atoms with Crippen LogP contribution in [0.2, 0.25) is 5.02 Å². The van der Waals surface area contributed by atoms with Gasteiger partial charge >= 0.3 is 0 Å². The normalized spacial score (nSPS) is 17.2. The van der Waals surface area contributed by atoms with Crippen molar-refractivity contribution in [2.24, 2.45) is 0 Å². The van der Waals surface area contributed by atoms with Gasteiger partial charge in [-0.05, 0) is 35.4 Å². The number of likely N-dealkylation sites (tertiary alicyclic amines) is 1. The third-order valence-corrected chi connectivity index (χ3v) is 7.32. The fourth-order valence-electron chi connectivity index (χ4n) is 4.27. The van der Waals surface area contributed by atoms with Crippen LogP contribution in [-0.2, 0) is 0 Å². The van der Waals surface area contributed by atoms with Crippen molar-refractivity contribution in [2.75, 3.05) is 39.3 Å². The van der Waals surface area contributed by atoms with E-state index in [-0.39, 0.29) is 16.8 Å². The van der Waals surface area contributed by atoms with E-state index in [2.05, 4.69) is 9.88 Å². The Morgan fingerprint density at radius 2 is 1.64 bits per heavy atom. The van der Waals surface area contributed by atoms with Crippen LogP contribution >= 0.6 is 22.9 Å². The van der Waals surface area contributed by atoms with E-state index in [0.717, 1.165) is 24.2 Å². The van der Waals surface area contributed by atoms with Crippen LogP contribution in [0.1, 0.15) is 20.2 Å². The molecule has 0 atom stereocenters. The number of halogens is 2. The second kappa shape index (κ2) is 9.21. The van der Waals surface area contributed by atoms with Crippen molar-refractivity contribution < 1.29 is 14.0 Å². The maximum atomic E-state index is 13.4. The first-order chi connectivity index (χ1) is 16.0. The molecule has 0 bridgehead atoms.